The van der Waals surface area contributed by atoms with Crippen molar-refractivity contribution in [1.29, 1.82) is 0 Å². The van der Waals surface area contributed by atoms with Crippen LogP contribution in [0.4, 0.5) is 5.69 Å². The van der Waals surface area contributed by atoms with Gasteiger partial charge < -0.3 is 20.9 Å². The van der Waals surface area contributed by atoms with Crippen molar-refractivity contribution in [3.05, 3.63) is 69.4 Å². The van der Waals surface area contributed by atoms with E-state index in [0.29, 0.717) is 17.0 Å². The molecule has 1 atom stereocenters. The molecule has 0 unspecified atom stereocenters. The van der Waals surface area contributed by atoms with Gasteiger partial charge in [-0.05, 0) is 30.2 Å². The van der Waals surface area contributed by atoms with Crippen molar-refractivity contribution in [2.24, 2.45) is 5.73 Å². The van der Waals surface area contributed by atoms with Gasteiger partial charge in [0.05, 0.1) is 5.69 Å². The Morgan fingerprint density at radius 2 is 1.84 bits per heavy atom. The molecule has 158 valence electrons. The number of aromatic carboxylic acids is 1. The number of rotatable bonds is 6. The van der Waals surface area contributed by atoms with Crippen LogP contribution in [0.3, 0.4) is 0 Å². The summed E-state index contributed by atoms with van der Waals surface area (Å²) in [6.45, 7) is 1.74. The average Bonchev–Trinajstić information content (AvgIpc) is 3.12. The van der Waals surface area contributed by atoms with Crippen LogP contribution in [-0.4, -0.2) is 29.5 Å². The lowest BCUT2D eigenvalue weighted by Gasteiger charge is -2.24. The van der Waals surface area contributed by atoms with E-state index in [0.717, 1.165) is 21.6 Å². The molecule has 0 spiro atoms. The second-order valence-corrected chi connectivity index (χ2v) is 8.40. The molecule has 0 fully saturated rings. The summed E-state index contributed by atoms with van der Waals surface area (Å²) in [7, 11) is 0. The van der Waals surface area contributed by atoms with E-state index in [1.54, 1.807) is 12.1 Å². The maximum atomic E-state index is 12.5. The number of carbonyl (C=O) groups is 3. The van der Waals surface area contributed by atoms with Crippen LogP contribution in [0.15, 0.2) is 48.5 Å². The molecule has 3 aromatic rings. The quantitative estimate of drug-likeness (QED) is 0.544. The first-order chi connectivity index (χ1) is 14.8. The van der Waals surface area contributed by atoms with Crippen LogP contribution < -0.4 is 15.8 Å². The molecule has 1 aliphatic heterocycles. The number of aryl methyl sites for hydroxylation is 1. The Hall–Kier alpha value is -3.65. The van der Waals surface area contributed by atoms with Gasteiger partial charge >= 0.3 is 5.97 Å². The molecule has 0 saturated heterocycles. The molecule has 2 aromatic carbocycles. The van der Waals surface area contributed by atoms with E-state index >= 15 is 0 Å². The third-order valence-electron chi connectivity index (χ3n) is 5.10. The number of nitrogens with two attached hydrogens (primary N) is 1. The largest absolute Gasteiger partial charge is 0.484 e. The van der Waals surface area contributed by atoms with Gasteiger partial charge in [-0.25, -0.2) is 4.79 Å². The first kappa shape index (κ1) is 20.6. The number of benzene rings is 2. The fourth-order valence-corrected chi connectivity index (χ4v) is 4.90. The monoisotopic (exact) mass is 436 g/mol. The van der Waals surface area contributed by atoms with Crippen LogP contribution in [0.25, 0.3) is 11.1 Å². The van der Waals surface area contributed by atoms with E-state index in [4.69, 9.17) is 10.5 Å². The topological polar surface area (TPSA) is 119 Å². The zero-order chi connectivity index (χ0) is 22.1. The molecule has 1 aromatic heterocycles. The Bertz CT molecular complexity index is 1170. The summed E-state index contributed by atoms with van der Waals surface area (Å²) in [4.78, 5) is 36.5. The number of anilines is 1. The molecule has 7 nitrogen and oxygen atoms in total. The number of hydrogen-bond acceptors (Lipinski definition) is 5. The summed E-state index contributed by atoms with van der Waals surface area (Å²) in [5.74, 6) is -1.56. The fraction of sp³-hybridized carbons (Fsp3) is 0.174. The van der Waals surface area contributed by atoms with E-state index in [1.807, 2.05) is 43.3 Å². The van der Waals surface area contributed by atoms with E-state index in [9.17, 15) is 19.5 Å². The number of carboxylic acids is 1. The Balaban J connectivity index is 1.77. The summed E-state index contributed by atoms with van der Waals surface area (Å²) < 4.78 is 5.29. The lowest BCUT2D eigenvalue weighted by atomic mass is 9.88. The van der Waals surface area contributed by atoms with Crippen molar-refractivity contribution < 1.29 is 24.2 Å². The fourth-order valence-electron chi connectivity index (χ4n) is 3.65. The SMILES string of the molecule is Cc1ccc(-c2c(C(=O)O)sc3c2NC(=O)C[C@H]3c2ccc(OCC(N)=O)cc2)cc1. The van der Waals surface area contributed by atoms with E-state index in [1.165, 1.54) is 11.3 Å². The van der Waals surface area contributed by atoms with Crippen LogP contribution >= 0.6 is 11.3 Å². The number of amides is 2. The number of carboxylic acid groups (broad SMARTS) is 1. The number of carbonyl (C=O) groups excluding carboxylic acids is 2. The lowest BCUT2D eigenvalue weighted by molar-refractivity contribution is -0.120. The van der Waals surface area contributed by atoms with Gasteiger partial charge in [0.1, 0.15) is 10.6 Å². The van der Waals surface area contributed by atoms with Gasteiger partial charge in [0.25, 0.3) is 5.91 Å². The standard InChI is InChI=1S/C23H20N2O5S/c1-12-2-4-14(5-3-12)19-20-21(31-22(19)23(28)29)16(10-18(27)25-20)13-6-8-15(9-7-13)30-11-17(24)26/h2-9,16H,10-11H2,1H3,(H2,24,26)(H,25,27)(H,28,29)/t16-/m0/s1. The number of ether oxygens (including phenoxy) is 1. The second kappa shape index (κ2) is 8.23. The zero-order valence-corrected chi connectivity index (χ0v) is 17.5. The third-order valence-corrected chi connectivity index (χ3v) is 6.40. The first-order valence-corrected chi connectivity index (χ1v) is 10.4. The van der Waals surface area contributed by atoms with Crippen molar-refractivity contribution in [3.63, 3.8) is 0 Å². The van der Waals surface area contributed by atoms with Crippen LogP contribution in [0.1, 0.15) is 38.0 Å². The van der Waals surface area contributed by atoms with Gasteiger partial charge in [0.2, 0.25) is 5.91 Å². The number of hydrogen-bond donors (Lipinski definition) is 3. The van der Waals surface area contributed by atoms with Gasteiger partial charge in [-0.3, -0.25) is 9.59 Å². The minimum Gasteiger partial charge on any atom is -0.484 e. The molecule has 4 rings (SSSR count). The van der Waals surface area contributed by atoms with Crippen molar-refractivity contribution in [2.75, 3.05) is 11.9 Å². The summed E-state index contributed by atoms with van der Waals surface area (Å²) in [6.07, 6.45) is 0.210. The Labute approximate surface area is 182 Å². The molecule has 31 heavy (non-hydrogen) atoms. The zero-order valence-electron chi connectivity index (χ0n) is 16.7. The first-order valence-electron chi connectivity index (χ1n) is 9.61. The van der Waals surface area contributed by atoms with Gasteiger partial charge in [-0.15, -0.1) is 11.3 Å². The highest BCUT2D eigenvalue weighted by atomic mass is 32.1. The second-order valence-electron chi connectivity index (χ2n) is 7.35. The van der Waals surface area contributed by atoms with Crippen LogP contribution in [-0.2, 0) is 9.59 Å². The van der Waals surface area contributed by atoms with E-state index < -0.39 is 11.9 Å². The summed E-state index contributed by atoms with van der Waals surface area (Å²) in [5, 5.41) is 12.7. The number of thiophene rings is 1. The highest BCUT2D eigenvalue weighted by Gasteiger charge is 2.34. The van der Waals surface area contributed by atoms with Crippen molar-refractivity contribution in [3.8, 4) is 16.9 Å². The summed E-state index contributed by atoms with van der Waals surface area (Å²) in [5.41, 5.74) is 8.85. The predicted molar refractivity (Wildman–Crippen MR) is 118 cm³/mol. The normalized spacial score (nSPS) is 15.1. The van der Waals surface area contributed by atoms with Gasteiger partial charge in [-0.1, -0.05) is 42.0 Å². The van der Waals surface area contributed by atoms with Crippen LogP contribution in [0.2, 0.25) is 0 Å². The lowest BCUT2D eigenvalue weighted by Crippen LogP contribution is -2.22. The van der Waals surface area contributed by atoms with Crippen LogP contribution in [0, 0.1) is 6.92 Å². The molecular formula is C23H20N2O5S. The molecule has 0 saturated carbocycles. The minimum atomic E-state index is -1.03. The molecule has 0 radical (unpaired) electrons. The van der Waals surface area contributed by atoms with Crippen molar-refractivity contribution in [2.45, 2.75) is 19.3 Å². The maximum Gasteiger partial charge on any atom is 0.346 e. The molecule has 4 N–H and O–H groups in total. The highest BCUT2D eigenvalue weighted by Crippen LogP contribution is 2.49. The molecule has 0 aliphatic carbocycles. The number of fused-ring (bicyclic) bond motifs is 1. The third kappa shape index (κ3) is 4.15. The number of nitrogens with one attached hydrogen (secondary N) is 1. The number of primary amides is 1. The minimum absolute atomic E-state index is 0.172. The Morgan fingerprint density at radius 3 is 2.45 bits per heavy atom. The van der Waals surface area contributed by atoms with Crippen molar-refractivity contribution in [1.82, 2.24) is 0 Å². The molecule has 2 amide bonds. The molecule has 2 heterocycles. The highest BCUT2D eigenvalue weighted by molar-refractivity contribution is 7.15. The van der Waals surface area contributed by atoms with Gasteiger partial charge in [0.15, 0.2) is 6.61 Å². The van der Waals surface area contributed by atoms with Gasteiger partial charge in [0, 0.05) is 22.8 Å². The van der Waals surface area contributed by atoms with E-state index in [2.05, 4.69) is 5.32 Å². The summed E-state index contributed by atoms with van der Waals surface area (Å²) >= 11 is 1.19. The maximum absolute atomic E-state index is 12.5. The predicted octanol–water partition coefficient (Wildman–Crippen LogP) is 3.76. The van der Waals surface area contributed by atoms with Crippen molar-refractivity contribution >= 4 is 34.8 Å². The molecule has 0 bridgehead atoms. The van der Waals surface area contributed by atoms with E-state index in [-0.39, 0.29) is 29.7 Å². The van der Waals surface area contributed by atoms with Crippen LogP contribution in [0.5, 0.6) is 5.75 Å². The average molecular weight is 436 g/mol. The summed E-state index contributed by atoms with van der Waals surface area (Å²) in [6, 6.07) is 14.6. The molecular weight excluding hydrogens is 416 g/mol. The smallest absolute Gasteiger partial charge is 0.346 e. The molecule has 1 aliphatic rings. The molecule has 8 heteroatoms. The Kier molecular flexibility index (Phi) is 5.48. The Morgan fingerprint density at radius 1 is 1.16 bits per heavy atom. The van der Waals surface area contributed by atoms with Gasteiger partial charge in [-0.2, -0.15) is 0 Å².